The molecule has 0 saturated carbocycles. The summed E-state index contributed by atoms with van der Waals surface area (Å²) < 4.78 is 0. The summed E-state index contributed by atoms with van der Waals surface area (Å²) >= 11 is 0. The van der Waals surface area contributed by atoms with Crippen molar-refractivity contribution < 1.29 is 4.79 Å². The van der Waals surface area contributed by atoms with Gasteiger partial charge in [0.2, 0.25) is 0 Å². The third-order valence-electron chi connectivity index (χ3n) is 4.90. The third kappa shape index (κ3) is 5.16. The van der Waals surface area contributed by atoms with Crippen LogP contribution in [0.5, 0.6) is 0 Å². The van der Waals surface area contributed by atoms with Gasteiger partial charge in [0.15, 0.2) is 0 Å². The van der Waals surface area contributed by atoms with Crippen molar-refractivity contribution in [3.05, 3.63) is 77.5 Å². The van der Waals surface area contributed by atoms with E-state index in [1.54, 1.807) is 30.4 Å². The highest BCUT2D eigenvalue weighted by Gasteiger charge is 2.15. The number of carbonyl (C=O) groups excluding carboxylic acids is 1. The summed E-state index contributed by atoms with van der Waals surface area (Å²) in [6, 6.07) is 11.9. The summed E-state index contributed by atoms with van der Waals surface area (Å²) in [5.74, 6) is 0.861. The number of benzene rings is 1. The van der Waals surface area contributed by atoms with Crippen LogP contribution in [-0.2, 0) is 6.42 Å². The Labute approximate surface area is 172 Å². The summed E-state index contributed by atoms with van der Waals surface area (Å²) in [4.78, 5) is 27.0. The highest BCUT2D eigenvalue weighted by Crippen LogP contribution is 2.29. The van der Waals surface area contributed by atoms with E-state index in [1.807, 2.05) is 12.1 Å². The van der Waals surface area contributed by atoms with Crippen LogP contribution in [0.3, 0.4) is 0 Å². The highest BCUT2D eigenvalue weighted by atomic mass is 16.2. The van der Waals surface area contributed by atoms with Crippen LogP contribution in [0.2, 0.25) is 0 Å². The van der Waals surface area contributed by atoms with Gasteiger partial charge in [-0.2, -0.15) is 0 Å². The largest absolute Gasteiger partial charge is 0.340 e. The SMILES string of the molecule is Cc1cccc(C(C)C)c1Nc1cc(C(=O)N(C)CCc2ccncc2)ncn1. The van der Waals surface area contributed by atoms with E-state index in [9.17, 15) is 4.79 Å². The van der Waals surface area contributed by atoms with Crippen molar-refractivity contribution in [1.82, 2.24) is 19.9 Å². The molecule has 0 fully saturated rings. The lowest BCUT2D eigenvalue weighted by Crippen LogP contribution is -2.29. The molecule has 0 spiro atoms. The van der Waals surface area contributed by atoms with Crippen LogP contribution in [0.4, 0.5) is 11.5 Å². The molecule has 1 aromatic carbocycles. The van der Waals surface area contributed by atoms with Gasteiger partial charge >= 0.3 is 0 Å². The maximum absolute atomic E-state index is 12.8. The molecule has 3 aromatic rings. The predicted molar refractivity (Wildman–Crippen MR) is 115 cm³/mol. The van der Waals surface area contributed by atoms with Crippen molar-refractivity contribution in [3.63, 3.8) is 0 Å². The quantitative estimate of drug-likeness (QED) is 0.650. The Hall–Kier alpha value is -3.28. The zero-order valence-corrected chi connectivity index (χ0v) is 17.4. The number of pyridine rings is 1. The summed E-state index contributed by atoms with van der Waals surface area (Å²) in [7, 11) is 1.79. The van der Waals surface area contributed by atoms with Crippen LogP contribution in [0.25, 0.3) is 0 Å². The van der Waals surface area contributed by atoms with Crippen LogP contribution in [-0.4, -0.2) is 39.4 Å². The van der Waals surface area contributed by atoms with Gasteiger partial charge in [-0.1, -0.05) is 32.0 Å². The zero-order valence-electron chi connectivity index (χ0n) is 17.4. The first-order chi connectivity index (χ1) is 14.0. The molecule has 2 aromatic heterocycles. The number of carbonyl (C=O) groups is 1. The minimum absolute atomic E-state index is 0.127. The lowest BCUT2D eigenvalue weighted by Gasteiger charge is -2.18. The smallest absolute Gasteiger partial charge is 0.272 e. The van der Waals surface area contributed by atoms with E-state index in [0.717, 1.165) is 23.2 Å². The van der Waals surface area contributed by atoms with E-state index in [-0.39, 0.29) is 5.91 Å². The molecule has 6 heteroatoms. The number of hydrogen-bond acceptors (Lipinski definition) is 5. The molecule has 29 heavy (non-hydrogen) atoms. The van der Waals surface area contributed by atoms with Crippen molar-refractivity contribution in [2.24, 2.45) is 0 Å². The number of nitrogens with one attached hydrogen (secondary N) is 1. The van der Waals surface area contributed by atoms with Gasteiger partial charge in [0.05, 0.1) is 0 Å². The molecule has 0 unspecified atom stereocenters. The van der Waals surface area contributed by atoms with Crippen molar-refractivity contribution in [2.75, 3.05) is 18.9 Å². The minimum atomic E-state index is -0.127. The van der Waals surface area contributed by atoms with E-state index in [2.05, 4.69) is 59.2 Å². The van der Waals surface area contributed by atoms with Crippen molar-refractivity contribution in [3.8, 4) is 0 Å². The van der Waals surface area contributed by atoms with Crippen molar-refractivity contribution >= 4 is 17.4 Å². The Morgan fingerprint density at radius 2 is 1.90 bits per heavy atom. The van der Waals surface area contributed by atoms with E-state index in [4.69, 9.17) is 0 Å². The molecule has 1 amide bonds. The molecule has 0 atom stereocenters. The first-order valence-corrected chi connectivity index (χ1v) is 9.78. The zero-order chi connectivity index (χ0) is 20.8. The molecule has 6 nitrogen and oxygen atoms in total. The molecule has 0 aliphatic carbocycles. The number of aromatic nitrogens is 3. The summed E-state index contributed by atoms with van der Waals surface area (Å²) in [6.07, 6.45) is 5.72. The molecule has 3 rings (SSSR count). The molecular weight excluding hydrogens is 362 g/mol. The summed E-state index contributed by atoms with van der Waals surface area (Å²) in [6.45, 7) is 6.98. The number of hydrogen-bond donors (Lipinski definition) is 1. The number of likely N-dealkylation sites (N-methyl/N-ethyl adjacent to an activating group) is 1. The Balaban J connectivity index is 1.73. The molecule has 0 saturated heterocycles. The van der Waals surface area contributed by atoms with E-state index in [0.29, 0.717) is 24.0 Å². The van der Waals surface area contributed by atoms with Crippen molar-refractivity contribution in [2.45, 2.75) is 33.1 Å². The fourth-order valence-electron chi connectivity index (χ4n) is 3.16. The number of nitrogens with zero attached hydrogens (tertiary/aromatic N) is 4. The van der Waals surface area contributed by atoms with Crippen LogP contribution in [0.1, 0.15) is 46.9 Å². The van der Waals surface area contributed by atoms with Crippen molar-refractivity contribution in [1.29, 1.82) is 0 Å². The fraction of sp³-hybridized carbons (Fsp3) is 0.304. The number of aryl methyl sites for hydroxylation is 1. The van der Waals surface area contributed by atoms with Crippen LogP contribution in [0.15, 0.2) is 55.1 Å². The topological polar surface area (TPSA) is 71.0 Å². The number of anilines is 2. The maximum atomic E-state index is 12.8. The first-order valence-electron chi connectivity index (χ1n) is 9.78. The Morgan fingerprint density at radius 1 is 1.14 bits per heavy atom. The lowest BCUT2D eigenvalue weighted by atomic mass is 9.98. The van der Waals surface area contributed by atoms with Gasteiger partial charge in [0.25, 0.3) is 5.91 Å². The van der Waals surface area contributed by atoms with E-state index >= 15 is 0 Å². The standard InChI is InChI=1S/C23H27N5O/c1-16(2)19-7-5-6-17(3)22(19)27-21-14-20(25-15-26-21)23(29)28(4)13-10-18-8-11-24-12-9-18/h5-9,11-12,14-16H,10,13H2,1-4H3,(H,25,26,27). The Bertz CT molecular complexity index is 972. The highest BCUT2D eigenvalue weighted by molar-refractivity contribution is 5.92. The van der Waals surface area contributed by atoms with Gasteiger partial charge in [0, 0.05) is 37.7 Å². The van der Waals surface area contributed by atoms with Gasteiger partial charge in [-0.05, 0) is 48.1 Å². The molecule has 150 valence electrons. The normalized spacial score (nSPS) is 10.8. The molecule has 0 aliphatic heterocycles. The molecule has 0 aliphatic rings. The monoisotopic (exact) mass is 389 g/mol. The fourth-order valence-corrected chi connectivity index (χ4v) is 3.16. The third-order valence-corrected chi connectivity index (χ3v) is 4.90. The molecule has 0 radical (unpaired) electrons. The van der Waals surface area contributed by atoms with Crippen LogP contribution in [0, 0.1) is 6.92 Å². The minimum Gasteiger partial charge on any atom is -0.340 e. The van der Waals surface area contributed by atoms with Gasteiger partial charge in [-0.15, -0.1) is 0 Å². The first kappa shape index (κ1) is 20.5. The molecule has 2 heterocycles. The summed E-state index contributed by atoms with van der Waals surface area (Å²) in [5, 5.41) is 3.39. The van der Waals surface area contributed by atoms with E-state index < -0.39 is 0 Å². The number of rotatable bonds is 7. The van der Waals surface area contributed by atoms with E-state index in [1.165, 1.54) is 11.9 Å². The Kier molecular flexibility index (Phi) is 6.54. The van der Waals surface area contributed by atoms with Gasteiger partial charge in [0.1, 0.15) is 17.8 Å². The second kappa shape index (κ2) is 9.28. The molecular formula is C23H27N5O. The summed E-state index contributed by atoms with van der Waals surface area (Å²) in [5.41, 5.74) is 4.90. The predicted octanol–water partition coefficient (Wildman–Crippen LogP) is 4.36. The Morgan fingerprint density at radius 3 is 2.62 bits per heavy atom. The molecule has 1 N–H and O–H groups in total. The average molecular weight is 390 g/mol. The lowest BCUT2D eigenvalue weighted by molar-refractivity contribution is 0.0790. The number of amides is 1. The van der Waals surface area contributed by atoms with Gasteiger partial charge in [-0.3, -0.25) is 9.78 Å². The average Bonchev–Trinajstić information content (AvgIpc) is 2.73. The van der Waals surface area contributed by atoms with Crippen LogP contribution < -0.4 is 5.32 Å². The second-order valence-electron chi connectivity index (χ2n) is 7.44. The van der Waals surface area contributed by atoms with Crippen LogP contribution >= 0.6 is 0 Å². The maximum Gasteiger partial charge on any atom is 0.272 e. The van der Waals surface area contributed by atoms with Gasteiger partial charge in [-0.25, -0.2) is 9.97 Å². The van der Waals surface area contributed by atoms with Gasteiger partial charge < -0.3 is 10.2 Å². The molecule has 0 bridgehead atoms. The number of para-hydroxylation sites is 1. The second-order valence-corrected chi connectivity index (χ2v) is 7.44.